The van der Waals surface area contributed by atoms with Crippen LogP contribution in [-0.4, -0.2) is 24.1 Å². The van der Waals surface area contributed by atoms with E-state index in [0.717, 1.165) is 25.0 Å². The van der Waals surface area contributed by atoms with Crippen molar-refractivity contribution < 1.29 is 14.3 Å². The Morgan fingerprint density at radius 2 is 2.08 bits per heavy atom. The summed E-state index contributed by atoms with van der Waals surface area (Å²) in [6.07, 6.45) is 2.71. The van der Waals surface area contributed by atoms with E-state index in [1.165, 1.54) is 0 Å². The quantitative estimate of drug-likeness (QED) is 0.666. The molecule has 26 heavy (non-hydrogen) atoms. The number of ether oxygens (including phenoxy) is 1. The summed E-state index contributed by atoms with van der Waals surface area (Å²) in [6, 6.07) is 5.16. The van der Waals surface area contributed by atoms with Crippen molar-refractivity contribution in [1.82, 2.24) is 0 Å². The minimum Gasteiger partial charge on any atom is -0.465 e. The summed E-state index contributed by atoms with van der Waals surface area (Å²) in [5, 5.41) is 0.949. The van der Waals surface area contributed by atoms with Crippen molar-refractivity contribution in [3.8, 4) is 0 Å². The zero-order chi connectivity index (χ0) is 18.8. The average molecular weight is 394 g/mol. The van der Waals surface area contributed by atoms with Gasteiger partial charge in [-0.25, -0.2) is 0 Å². The van der Waals surface area contributed by atoms with Crippen LogP contribution in [0.1, 0.15) is 51.0 Å². The first-order valence-corrected chi connectivity index (χ1v) is 9.62. The topological polar surface area (TPSA) is 55.7 Å². The molecular formula is C20H21Cl2NO3. The van der Waals surface area contributed by atoms with E-state index >= 15 is 0 Å². The van der Waals surface area contributed by atoms with Crippen molar-refractivity contribution >= 4 is 40.7 Å². The highest BCUT2D eigenvalue weighted by molar-refractivity contribution is 6.35. The van der Waals surface area contributed by atoms with Crippen molar-refractivity contribution in [1.29, 1.82) is 0 Å². The zero-order valence-corrected chi connectivity index (χ0v) is 16.4. The number of aliphatic imine (C=N–C) groups is 1. The Balaban J connectivity index is 2.14. The molecule has 0 amide bonds. The van der Waals surface area contributed by atoms with Gasteiger partial charge in [0.2, 0.25) is 0 Å². The molecule has 1 unspecified atom stereocenters. The normalized spacial score (nSPS) is 22.8. The van der Waals surface area contributed by atoms with Crippen LogP contribution >= 0.6 is 23.2 Å². The number of carbonyl (C=O) groups excluding carboxylic acids is 2. The monoisotopic (exact) mass is 393 g/mol. The molecule has 3 rings (SSSR count). The number of carbonyl (C=O) groups is 2. The molecule has 0 aromatic heterocycles. The smallest absolute Gasteiger partial charge is 0.315 e. The van der Waals surface area contributed by atoms with Gasteiger partial charge >= 0.3 is 5.97 Å². The van der Waals surface area contributed by atoms with Crippen molar-refractivity contribution in [2.45, 2.75) is 45.4 Å². The van der Waals surface area contributed by atoms with E-state index in [2.05, 4.69) is 4.99 Å². The van der Waals surface area contributed by atoms with Crippen LogP contribution in [0.4, 0.5) is 0 Å². The van der Waals surface area contributed by atoms with Gasteiger partial charge in [0.15, 0.2) is 5.78 Å². The lowest BCUT2D eigenvalue weighted by Gasteiger charge is -2.34. The maximum absolute atomic E-state index is 12.8. The number of ketones is 1. The van der Waals surface area contributed by atoms with E-state index in [1.54, 1.807) is 18.2 Å². The number of esters is 1. The number of hydrogen-bond acceptors (Lipinski definition) is 4. The van der Waals surface area contributed by atoms with Gasteiger partial charge in [0, 0.05) is 39.4 Å². The number of benzene rings is 1. The molecule has 0 saturated heterocycles. The van der Waals surface area contributed by atoms with Crippen LogP contribution in [0.25, 0.3) is 0 Å². The summed E-state index contributed by atoms with van der Waals surface area (Å²) < 4.78 is 5.41. The second kappa shape index (κ2) is 7.93. The SMILES string of the molecule is CCCOC(=O)C1C(C)=NC2=C(C(=O)CCC2)[C@@H]1c1ccc(Cl)cc1Cl. The van der Waals surface area contributed by atoms with Gasteiger partial charge in [0.05, 0.1) is 6.61 Å². The van der Waals surface area contributed by atoms with Gasteiger partial charge in [-0.2, -0.15) is 0 Å². The third kappa shape index (κ3) is 3.58. The van der Waals surface area contributed by atoms with Crippen LogP contribution < -0.4 is 0 Å². The summed E-state index contributed by atoms with van der Waals surface area (Å²) in [6.45, 7) is 4.09. The van der Waals surface area contributed by atoms with Gasteiger partial charge in [-0.15, -0.1) is 0 Å². The van der Waals surface area contributed by atoms with Gasteiger partial charge in [-0.3, -0.25) is 14.6 Å². The highest BCUT2D eigenvalue weighted by atomic mass is 35.5. The molecule has 2 aliphatic rings. The first-order chi connectivity index (χ1) is 12.4. The van der Waals surface area contributed by atoms with E-state index < -0.39 is 11.8 Å². The van der Waals surface area contributed by atoms with E-state index in [4.69, 9.17) is 27.9 Å². The highest BCUT2D eigenvalue weighted by Crippen LogP contribution is 2.45. The fourth-order valence-corrected chi connectivity index (χ4v) is 4.22. The van der Waals surface area contributed by atoms with Crippen LogP contribution in [0.3, 0.4) is 0 Å². The van der Waals surface area contributed by atoms with Crippen molar-refractivity contribution in [3.05, 3.63) is 45.1 Å². The van der Waals surface area contributed by atoms with Crippen molar-refractivity contribution in [2.24, 2.45) is 10.9 Å². The molecule has 1 aromatic rings. The van der Waals surface area contributed by atoms with Crippen LogP contribution in [0.2, 0.25) is 10.0 Å². The first-order valence-electron chi connectivity index (χ1n) is 8.87. The fourth-order valence-electron chi connectivity index (χ4n) is 3.69. The standard InChI is InChI=1S/C20H21Cl2NO3/c1-3-9-26-20(25)17-11(2)23-15-5-4-6-16(24)19(15)18(17)13-8-7-12(21)10-14(13)22/h7-8,10,17-18H,3-6,9H2,1-2H3/t17?,18-/m1/s1. The highest BCUT2D eigenvalue weighted by Gasteiger charge is 2.43. The molecule has 1 heterocycles. The number of allylic oxidation sites excluding steroid dienone is 2. The van der Waals surface area contributed by atoms with Crippen molar-refractivity contribution in [2.75, 3.05) is 6.61 Å². The van der Waals surface area contributed by atoms with Crippen molar-refractivity contribution in [3.63, 3.8) is 0 Å². The van der Waals surface area contributed by atoms with Gasteiger partial charge in [0.1, 0.15) is 5.92 Å². The fraction of sp³-hybridized carbons (Fsp3) is 0.450. The predicted octanol–water partition coefficient (Wildman–Crippen LogP) is 5.13. The van der Waals surface area contributed by atoms with Crippen LogP contribution in [0, 0.1) is 5.92 Å². The zero-order valence-electron chi connectivity index (χ0n) is 14.9. The molecule has 0 N–H and O–H groups in total. The Bertz CT molecular complexity index is 813. The van der Waals surface area contributed by atoms with E-state index in [1.807, 2.05) is 13.8 Å². The van der Waals surface area contributed by atoms with Gasteiger partial charge in [0.25, 0.3) is 0 Å². The molecule has 0 fully saturated rings. The number of rotatable bonds is 4. The molecule has 0 saturated carbocycles. The second-order valence-electron chi connectivity index (χ2n) is 6.68. The lowest BCUT2D eigenvalue weighted by molar-refractivity contribution is -0.146. The molecule has 0 bridgehead atoms. The summed E-state index contributed by atoms with van der Waals surface area (Å²) in [5.74, 6) is -1.47. The number of nitrogens with zero attached hydrogens (tertiary/aromatic N) is 1. The van der Waals surface area contributed by atoms with E-state index in [9.17, 15) is 9.59 Å². The lowest BCUT2D eigenvalue weighted by atomic mass is 9.71. The Morgan fingerprint density at radius 3 is 2.77 bits per heavy atom. The Kier molecular flexibility index (Phi) is 5.83. The minimum absolute atomic E-state index is 0.0341. The summed E-state index contributed by atoms with van der Waals surface area (Å²) in [7, 11) is 0. The molecule has 0 spiro atoms. The predicted molar refractivity (Wildman–Crippen MR) is 103 cm³/mol. The molecule has 0 radical (unpaired) electrons. The Hall–Kier alpha value is -1.65. The molecule has 1 aliphatic heterocycles. The summed E-state index contributed by atoms with van der Waals surface area (Å²) >= 11 is 12.5. The first kappa shape index (κ1) is 19.1. The molecule has 2 atom stereocenters. The van der Waals surface area contributed by atoms with Crippen LogP contribution in [0.5, 0.6) is 0 Å². The Labute approximate surface area is 163 Å². The summed E-state index contributed by atoms with van der Waals surface area (Å²) in [5.41, 5.74) is 2.75. The number of Topliss-reactive ketones (excluding diaryl/α,β-unsaturated/α-hetero) is 1. The molecule has 1 aliphatic carbocycles. The van der Waals surface area contributed by atoms with Gasteiger partial charge in [-0.1, -0.05) is 36.2 Å². The average Bonchev–Trinajstić information content (AvgIpc) is 2.59. The number of halogens is 2. The van der Waals surface area contributed by atoms with Crippen LogP contribution in [-0.2, 0) is 14.3 Å². The molecule has 6 heteroatoms. The minimum atomic E-state index is -0.652. The largest absolute Gasteiger partial charge is 0.465 e. The third-order valence-electron chi connectivity index (χ3n) is 4.83. The maximum Gasteiger partial charge on any atom is 0.315 e. The van der Waals surface area contributed by atoms with Gasteiger partial charge < -0.3 is 4.74 Å². The summed E-state index contributed by atoms with van der Waals surface area (Å²) in [4.78, 5) is 30.1. The van der Waals surface area contributed by atoms with E-state index in [0.29, 0.717) is 39.9 Å². The van der Waals surface area contributed by atoms with E-state index in [-0.39, 0.29) is 11.8 Å². The van der Waals surface area contributed by atoms with Crippen LogP contribution in [0.15, 0.2) is 34.5 Å². The van der Waals surface area contributed by atoms with Gasteiger partial charge in [-0.05, 0) is 43.9 Å². The molecule has 138 valence electrons. The number of hydrogen-bond donors (Lipinski definition) is 0. The molecule has 1 aromatic carbocycles. The lowest BCUT2D eigenvalue weighted by Crippen LogP contribution is -2.37. The molecule has 4 nitrogen and oxygen atoms in total. The maximum atomic E-state index is 12.8. The Morgan fingerprint density at radius 1 is 1.31 bits per heavy atom. The molecular weight excluding hydrogens is 373 g/mol. The third-order valence-corrected chi connectivity index (χ3v) is 5.40. The second-order valence-corrected chi connectivity index (χ2v) is 7.52.